The molecule has 0 saturated heterocycles. The highest BCUT2D eigenvalue weighted by Crippen LogP contribution is 2.25. The lowest BCUT2D eigenvalue weighted by Gasteiger charge is -2.16. The summed E-state index contributed by atoms with van der Waals surface area (Å²) in [6, 6.07) is 9.71. The molecule has 1 heterocycles. The first-order chi connectivity index (χ1) is 10.1. The number of carboxylic acids is 1. The van der Waals surface area contributed by atoms with E-state index in [1.54, 1.807) is 6.07 Å². The van der Waals surface area contributed by atoms with Crippen LogP contribution in [-0.2, 0) is 0 Å². The Morgan fingerprint density at radius 2 is 2.19 bits per heavy atom. The van der Waals surface area contributed by atoms with Gasteiger partial charge in [-0.3, -0.25) is 0 Å². The Bertz CT molecular complexity index is 668. The third kappa shape index (κ3) is 3.13. The van der Waals surface area contributed by atoms with Gasteiger partial charge < -0.3 is 14.7 Å². The van der Waals surface area contributed by atoms with Crippen molar-refractivity contribution in [2.24, 2.45) is 0 Å². The molecule has 2 aromatic rings. The van der Waals surface area contributed by atoms with E-state index in [4.69, 9.17) is 4.74 Å². The molecule has 3 rings (SSSR count). The summed E-state index contributed by atoms with van der Waals surface area (Å²) in [7, 11) is 2.06. The van der Waals surface area contributed by atoms with Crippen molar-refractivity contribution in [2.45, 2.75) is 18.9 Å². The number of likely N-dealkylation sites (N-methyl/N-ethyl adjacent to an activating group) is 1. The number of fused-ring (bicyclic) bond motifs is 1. The van der Waals surface area contributed by atoms with Crippen LogP contribution in [0.4, 0.5) is 0 Å². The zero-order valence-electron chi connectivity index (χ0n) is 12.0. The lowest BCUT2D eigenvalue weighted by Crippen LogP contribution is -2.26. The fourth-order valence-corrected chi connectivity index (χ4v) is 2.35. The monoisotopic (exact) mass is 286 g/mol. The molecule has 0 bridgehead atoms. The summed E-state index contributed by atoms with van der Waals surface area (Å²) in [6.45, 7) is 1.22. The minimum Gasteiger partial charge on any atom is -0.477 e. The minimum atomic E-state index is -1.01. The summed E-state index contributed by atoms with van der Waals surface area (Å²) in [5.74, 6) is -0.816. The highest BCUT2D eigenvalue weighted by molar-refractivity contribution is 5.95. The Balaban J connectivity index is 1.78. The molecular weight excluding hydrogens is 268 g/mol. The molecule has 5 nitrogen and oxygen atoms in total. The van der Waals surface area contributed by atoms with Crippen molar-refractivity contribution in [1.29, 1.82) is 0 Å². The number of benzene rings is 1. The Morgan fingerprint density at radius 1 is 1.43 bits per heavy atom. The fraction of sp³-hybridized carbons (Fsp3) is 0.375. The highest BCUT2D eigenvalue weighted by atomic mass is 16.5. The molecule has 0 spiro atoms. The maximum absolute atomic E-state index is 11.4. The van der Waals surface area contributed by atoms with Gasteiger partial charge in [-0.15, -0.1) is 0 Å². The van der Waals surface area contributed by atoms with Crippen molar-refractivity contribution in [2.75, 3.05) is 20.2 Å². The Kier molecular flexibility index (Phi) is 3.75. The van der Waals surface area contributed by atoms with Crippen LogP contribution in [-0.4, -0.2) is 47.2 Å². The zero-order chi connectivity index (χ0) is 14.8. The summed E-state index contributed by atoms with van der Waals surface area (Å²) < 4.78 is 5.62. The number of carboxylic acid groups (broad SMARTS) is 1. The van der Waals surface area contributed by atoms with Crippen molar-refractivity contribution in [3.8, 4) is 5.88 Å². The molecule has 1 saturated carbocycles. The van der Waals surface area contributed by atoms with Gasteiger partial charge in [0.25, 0.3) is 0 Å². The number of para-hydroxylation sites is 1. The molecule has 110 valence electrons. The zero-order valence-corrected chi connectivity index (χ0v) is 12.0. The fourth-order valence-electron chi connectivity index (χ4n) is 2.35. The molecule has 1 aliphatic rings. The summed E-state index contributed by atoms with van der Waals surface area (Å²) in [4.78, 5) is 17.9. The molecule has 1 aromatic heterocycles. The number of hydrogen-bond acceptors (Lipinski definition) is 4. The van der Waals surface area contributed by atoms with Gasteiger partial charge in [-0.05, 0) is 32.0 Å². The molecule has 0 unspecified atom stereocenters. The molecule has 1 fully saturated rings. The van der Waals surface area contributed by atoms with E-state index in [-0.39, 0.29) is 11.4 Å². The standard InChI is InChI=1S/C16H18N2O3/c1-18(12-6-7-12)8-9-21-15-13(16(19)20)10-11-4-2-3-5-14(11)17-15/h2-5,10,12H,6-9H2,1H3,(H,19,20). The summed E-state index contributed by atoms with van der Waals surface area (Å²) in [5.41, 5.74) is 0.857. The van der Waals surface area contributed by atoms with E-state index in [0.717, 1.165) is 17.4 Å². The predicted molar refractivity (Wildman–Crippen MR) is 79.8 cm³/mol. The maximum Gasteiger partial charge on any atom is 0.341 e. The number of carbonyl (C=O) groups is 1. The van der Waals surface area contributed by atoms with Crippen LogP contribution in [0, 0.1) is 0 Å². The lowest BCUT2D eigenvalue weighted by molar-refractivity contribution is 0.0691. The molecule has 0 amide bonds. The lowest BCUT2D eigenvalue weighted by atomic mass is 10.1. The summed E-state index contributed by atoms with van der Waals surface area (Å²) >= 11 is 0. The highest BCUT2D eigenvalue weighted by Gasteiger charge is 2.25. The van der Waals surface area contributed by atoms with E-state index in [2.05, 4.69) is 16.9 Å². The predicted octanol–water partition coefficient (Wildman–Crippen LogP) is 2.41. The number of hydrogen-bond donors (Lipinski definition) is 1. The number of aromatic carboxylic acids is 1. The SMILES string of the molecule is CN(CCOc1nc2ccccc2cc1C(=O)O)C1CC1. The number of aromatic nitrogens is 1. The van der Waals surface area contributed by atoms with E-state index in [0.29, 0.717) is 12.6 Å². The van der Waals surface area contributed by atoms with Crippen LogP contribution in [0.3, 0.4) is 0 Å². The van der Waals surface area contributed by atoms with Gasteiger partial charge in [0.05, 0.1) is 5.52 Å². The van der Waals surface area contributed by atoms with Gasteiger partial charge in [0.15, 0.2) is 0 Å². The summed E-state index contributed by atoms with van der Waals surface area (Å²) in [6.07, 6.45) is 2.48. The molecule has 1 N–H and O–H groups in total. The topological polar surface area (TPSA) is 62.7 Å². The van der Waals surface area contributed by atoms with E-state index >= 15 is 0 Å². The van der Waals surface area contributed by atoms with Crippen LogP contribution in [0.15, 0.2) is 30.3 Å². The molecule has 1 aliphatic carbocycles. The quantitative estimate of drug-likeness (QED) is 0.883. The minimum absolute atomic E-state index is 0.114. The van der Waals surface area contributed by atoms with Gasteiger partial charge in [-0.1, -0.05) is 18.2 Å². The average molecular weight is 286 g/mol. The molecule has 1 aromatic carbocycles. The first-order valence-corrected chi connectivity index (χ1v) is 7.11. The van der Waals surface area contributed by atoms with Crippen LogP contribution >= 0.6 is 0 Å². The first kappa shape index (κ1) is 13.8. The molecule has 21 heavy (non-hydrogen) atoms. The van der Waals surface area contributed by atoms with Crippen LogP contribution in [0.5, 0.6) is 5.88 Å². The second-order valence-corrected chi connectivity index (χ2v) is 5.40. The van der Waals surface area contributed by atoms with Crippen molar-refractivity contribution in [3.05, 3.63) is 35.9 Å². The van der Waals surface area contributed by atoms with Crippen LogP contribution in [0.1, 0.15) is 23.2 Å². The molecule has 5 heteroatoms. The number of nitrogens with zero attached hydrogens (tertiary/aromatic N) is 2. The third-order valence-electron chi connectivity index (χ3n) is 3.77. The van der Waals surface area contributed by atoms with Gasteiger partial charge in [0.2, 0.25) is 5.88 Å². The second-order valence-electron chi connectivity index (χ2n) is 5.40. The second kappa shape index (κ2) is 5.69. The Labute approximate surface area is 123 Å². The number of pyridine rings is 1. The van der Waals surface area contributed by atoms with Crippen LogP contribution in [0.25, 0.3) is 10.9 Å². The van der Waals surface area contributed by atoms with Crippen molar-refractivity contribution in [3.63, 3.8) is 0 Å². The van der Waals surface area contributed by atoms with Gasteiger partial charge in [0.1, 0.15) is 12.2 Å². The van der Waals surface area contributed by atoms with Gasteiger partial charge in [0, 0.05) is 18.0 Å². The number of ether oxygens (including phenoxy) is 1. The van der Waals surface area contributed by atoms with Crippen LogP contribution < -0.4 is 4.74 Å². The van der Waals surface area contributed by atoms with Gasteiger partial charge in [-0.2, -0.15) is 0 Å². The van der Waals surface area contributed by atoms with Gasteiger partial charge >= 0.3 is 5.97 Å². The molecule has 0 radical (unpaired) electrons. The van der Waals surface area contributed by atoms with E-state index in [1.165, 1.54) is 12.8 Å². The van der Waals surface area contributed by atoms with Gasteiger partial charge in [-0.25, -0.2) is 9.78 Å². The van der Waals surface area contributed by atoms with Crippen LogP contribution in [0.2, 0.25) is 0 Å². The molecule has 0 atom stereocenters. The Hall–Kier alpha value is -2.14. The molecular formula is C16H18N2O3. The van der Waals surface area contributed by atoms with E-state index in [1.807, 2.05) is 24.3 Å². The third-order valence-corrected chi connectivity index (χ3v) is 3.77. The van der Waals surface area contributed by atoms with E-state index in [9.17, 15) is 9.90 Å². The largest absolute Gasteiger partial charge is 0.477 e. The number of rotatable bonds is 6. The summed E-state index contributed by atoms with van der Waals surface area (Å²) in [5, 5.41) is 10.1. The molecule has 0 aliphatic heterocycles. The Morgan fingerprint density at radius 3 is 2.90 bits per heavy atom. The smallest absolute Gasteiger partial charge is 0.341 e. The average Bonchev–Trinajstić information content (AvgIpc) is 3.30. The normalized spacial score (nSPS) is 14.6. The first-order valence-electron chi connectivity index (χ1n) is 7.11. The van der Waals surface area contributed by atoms with E-state index < -0.39 is 5.97 Å². The van der Waals surface area contributed by atoms with Crippen molar-refractivity contribution < 1.29 is 14.6 Å². The van der Waals surface area contributed by atoms with Crippen molar-refractivity contribution >= 4 is 16.9 Å². The van der Waals surface area contributed by atoms with Crippen molar-refractivity contribution in [1.82, 2.24) is 9.88 Å². The maximum atomic E-state index is 11.4.